The van der Waals surface area contributed by atoms with Crippen molar-refractivity contribution in [2.45, 2.75) is 38.1 Å². The van der Waals surface area contributed by atoms with E-state index in [1.165, 1.54) is 31.3 Å². The maximum Gasteiger partial charge on any atom is 0.123 e. The Bertz CT molecular complexity index is 415. The minimum atomic E-state index is 0.130. The van der Waals surface area contributed by atoms with E-state index in [0.29, 0.717) is 0 Å². The maximum absolute atomic E-state index is 5.71. The van der Waals surface area contributed by atoms with Gasteiger partial charge in [-0.2, -0.15) is 0 Å². The average Bonchev–Trinajstić information content (AvgIpc) is 2.46. The molecule has 3 N–H and O–H groups in total. The minimum Gasteiger partial charge on any atom is -0.496 e. The van der Waals surface area contributed by atoms with E-state index in [1.54, 1.807) is 7.11 Å². The summed E-state index contributed by atoms with van der Waals surface area (Å²) in [7, 11) is 1.70. The molecule has 0 aliphatic heterocycles. The lowest BCUT2D eigenvalue weighted by Crippen LogP contribution is -2.28. The third-order valence-electron chi connectivity index (χ3n) is 3.57. The Morgan fingerprint density at radius 3 is 2.83 bits per heavy atom. The number of rotatable bonds is 5. The van der Waals surface area contributed by atoms with Gasteiger partial charge in [0, 0.05) is 5.56 Å². The molecule has 2 rings (SSSR count). The quantitative estimate of drug-likeness (QED) is 0.477. The third-order valence-corrected chi connectivity index (χ3v) is 3.57. The number of benzene rings is 1. The SMILES string of the molecule is COc1ccccc1C(CC1=CCCCC1)NN. The summed E-state index contributed by atoms with van der Waals surface area (Å²) < 4.78 is 5.40. The molecule has 0 amide bonds. The summed E-state index contributed by atoms with van der Waals surface area (Å²) in [4.78, 5) is 0. The Labute approximate surface area is 109 Å². The zero-order valence-corrected chi connectivity index (χ0v) is 11.0. The molecule has 1 aromatic rings. The van der Waals surface area contributed by atoms with E-state index in [0.717, 1.165) is 17.7 Å². The average molecular weight is 246 g/mol. The molecular weight excluding hydrogens is 224 g/mol. The van der Waals surface area contributed by atoms with Gasteiger partial charge in [0.05, 0.1) is 13.2 Å². The molecule has 0 spiro atoms. The van der Waals surface area contributed by atoms with Crippen LogP contribution in [-0.4, -0.2) is 7.11 Å². The number of nitrogens with two attached hydrogens (primary N) is 1. The van der Waals surface area contributed by atoms with Gasteiger partial charge < -0.3 is 4.74 Å². The number of nitrogens with one attached hydrogen (secondary N) is 1. The normalized spacial score (nSPS) is 17.1. The molecule has 1 aliphatic carbocycles. The standard InChI is InChI=1S/C15H22N2O/c1-18-15-10-6-5-9-13(15)14(17-16)11-12-7-3-2-4-8-12/h5-7,9-10,14,17H,2-4,8,11,16H2,1H3. The van der Waals surface area contributed by atoms with E-state index in [2.05, 4.69) is 17.6 Å². The topological polar surface area (TPSA) is 47.3 Å². The summed E-state index contributed by atoms with van der Waals surface area (Å²) in [6.45, 7) is 0. The highest BCUT2D eigenvalue weighted by Crippen LogP contribution is 2.31. The van der Waals surface area contributed by atoms with Gasteiger partial charge in [-0.05, 0) is 38.2 Å². The lowest BCUT2D eigenvalue weighted by Gasteiger charge is -2.22. The molecule has 18 heavy (non-hydrogen) atoms. The molecule has 1 aliphatic rings. The second-order valence-corrected chi connectivity index (χ2v) is 4.77. The Kier molecular flexibility index (Phi) is 4.79. The van der Waals surface area contributed by atoms with Crippen molar-refractivity contribution in [1.82, 2.24) is 5.43 Å². The van der Waals surface area contributed by atoms with Crippen molar-refractivity contribution in [3.8, 4) is 5.75 Å². The number of allylic oxidation sites excluding steroid dienone is 1. The van der Waals surface area contributed by atoms with Gasteiger partial charge in [0.25, 0.3) is 0 Å². The molecule has 1 unspecified atom stereocenters. The van der Waals surface area contributed by atoms with E-state index in [-0.39, 0.29) is 6.04 Å². The van der Waals surface area contributed by atoms with Crippen molar-refractivity contribution in [3.63, 3.8) is 0 Å². The molecule has 3 nitrogen and oxygen atoms in total. The molecule has 98 valence electrons. The van der Waals surface area contributed by atoms with E-state index in [1.807, 2.05) is 18.2 Å². The van der Waals surface area contributed by atoms with E-state index in [4.69, 9.17) is 10.6 Å². The van der Waals surface area contributed by atoms with Gasteiger partial charge in [-0.1, -0.05) is 29.8 Å². The van der Waals surface area contributed by atoms with Gasteiger partial charge >= 0.3 is 0 Å². The molecule has 0 heterocycles. The highest BCUT2D eigenvalue weighted by atomic mass is 16.5. The Hall–Kier alpha value is -1.32. The zero-order chi connectivity index (χ0) is 12.8. The lowest BCUT2D eigenvalue weighted by atomic mass is 9.91. The maximum atomic E-state index is 5.71. The van der Waals surface area contributed by atoms with Crippen LogP contribution in [0.3, 0.4) is 0 Å². The number of methoxy groups -OCH3 is 1. The molecule has 0 saturated heterocycles. The smallest absolute Gasteiger partial charge is 0.123 e. The molecule has 1 atom stereocenters. The first-order valence-corrected chi connectivity index (χ1v) is 6.62. The monoisotopic (exact) mass is 246 g/mol. The van der Waals surface area contributed by atoms with Gasteiger partial charge in [0.2, 0.25) is 0 Å². The van der Waals surface area contributed by atoms with Crippen molar-refractivity contribution in [2.24, 2.45) is 5.84 Å². The fraction of sp³-hybridized carbons (Fsp3) is 0.467. The van der Waals surface area contributed by atoms with E-state index >= 15 is 0 Å². The van der Waals surface area contributed by atoms with Gasteiger partial charge in [0.1, 0.15) is 5.75 Å². The summed E-state index contributed by atoms with van der Waals surface area (Å²) in [6.07, 6.45) is 8.36. The highest BCUT2D eigenvalue weighted by Gasteiger charge is 2.16. The third kappa shape index (κ3) is 3.12. The molecule has 0 fully saturated rings. The second-order valence-electron chi connectivity index (χ2n) is 4.77. The van der Waals surface area contributed by atoms with Crippen molar-refractivity contribution in [2.75, 3.05) is 7.11 Å². The fourth-order valence-corrected chi connectivity index (χ4v) is 2.57. The van der Waals surface area contributed by atoms with Crippen molar-refractivity contribution >= 4 is 0 Å². The first kappa shape index (κ1) is 13.1. The van der Waals surface area contributed by atoms with Crippen LogP contribution in [0.2, 0.25) is 0 Å². The molecule has 0 aromatic heterocycles. The fourth-order valence-electron chi connectivity index (χ4n) is 2.57. The Morgan fingerprint density at radius 2 is 2.17 bits per heavy atom. The number of hydrogen-bond acceptors (Lipinski definition) is 3. The number of para-hydroxylation sites is 1. The summed E-state index contributed by atoms with van der Waals surface area (Å²) in [5.74, 6) is 6.61. The van der Waals surface area contributed by atoms with Gasteiger partial charge in [-0.3, -0.25) is 11.3 Å². The van der Waals surface area contributed by atoms with Gasteiger partial charge in [-0.25, -0.2) is 0 Å². The minimum absolute atomic E-state index is 0.130. The second kappa shape index (κ2) is 6.57. The van der Waals surface area contributed by atoms with Gasteiger partial charge in [-0.15, -0.1) is 0 Å². The van der Waals surface area contributed by atoms with Crippen LogP contribution in [0.25, 0.3) is 0 Å². The molecule has 0 radical (unpaired) electrons. The lowest BCUT2D eigenvalue weighted by molar-refractivity contribution is 0.398. The van der Waals surface area contributed by atoms with E-state index < -0.39 is 0 Å². The molecule has 3 heteroatoms. The summed E-state index contributed by atoms with van der Waals surface area (Å²) in [5.41, 5.74) is 5.56. The molecule has 0 saturated carbocycles. The van der Waals surface area contributed by atoms with Crippen LogP contribution >= 0.6 is 0 Å². The van der Waals surface area contributed by atoms with Crippen LogP contribution < -0.4 is 16.0 Å². The Morgan fingerprint density at radius 1 is 1.33 bits per heavy atom. The van der Waals surface area contributed by atoms with Crippen LogP contribution in [-0.2, 0) is 0 Å². The Balaban J connectivity index is 2.14. The van der Waals surface area contributed by atoms with Crippen LogP contribution in [0, 0.1) is 0 Å². The first-order valence-electron chi connectivity index (χ1n) is 6.62. The predicted molar refractivity (Wildman–Crippen MR) is 74.2 cm³/mol. The first-order chi connectivity index (χ1) is 8.85. The largest absolute Gasteiger partial charge is 0.496 e. The highest BCUT2D eigenvalue weighted by molar-refractivity contribution is 5.36. The van der Waals surface area contributed by atoms with Crippen molar-refractivity contribution in [3.05, 3.63) is 41.5 Å². The van der Waals surface area contributed by atoms with Gasteiger partial charge in [0.15, 0.2) is 0 Å². The summed E-state index contributed by atoms with van der Waals surface area (Å²) in [6, 6.07) is 8.19. The van der Waals surface area contributed by atoms with Crippen molar-refractivity contribution < 1.29 is 4.74 Å². The summed E-state index contributed by atoms with van der Waals surface area (Å²) in [5, 5.41) is 0. The number of hydrogen-bond donors (Lipinski definition) is 2. The van der Waals surface area contributed by atoms with Crippen LogP contribution in [0.15, 0.2) is 35.9 Å². The van der Waals surface area contributed by atoms with Crippen molar-refractivity contribution in [1.29, 1.82) is 0 Å². The predicted octanol–water partition coefficient (Wildman–Crippen LogP) is 3.09. The molecule has 0 bridgehead atoms. The van der Waals surface area contributed by atoms with Crippen LogP contribution in [0.1, 0.15) is 43.7 Å². The number of ether oxygens (including phenoxy) is 1. The molecular formula is C15H22N2O. The zero-order valence-electron chi connectivity index (χ0n) is 11.0. The number of hydrazine groups is 1. The summed E-state index contributed by atoms with van der Waals surface area (Å²) >= 11 is 0. The molecule has 1 aromatic carbocycles. The van der Waals surface area contributed by atoms with E-state index in [9.17, 15) is 0 Å². The van der Waals surface area contributed by atoms with Crippen LogP contribution in [0.4, 0.5) is 0 Å². The van der Waals surface area contributed by atoms with Crippen LogP contribution in [0.5, 0.6) is 5.75 Å².